The largest absolute Gasteiger partial charge is 0.507 e. The van der Waals surface area contributed by atoms with Gasteiger partial charge in [0.2, 0.25) is 0 Å². The van der Waals surface area contributed by atoms with Crippen molar-refractivity contribution in [2.75, 3.05) is 0 Å². The number of phenolic OH excluding ortho intramolecular Hbond substituents is 1. The van der Waals surface area contributed by atoms with Crippen LogP contribution in [0.25, 0.3) is 11.1 Å². The van der Waals surface area contributed by atoms with Crippen LogP contribution < -0.4 is 4.74 Å². The Labute approximate surface area is 151 Å². The maximum absolute atomic E-state index is 10.7. The van der Waals surface area contributed by atoms with Gasteiger partial charge in [0, 0.05) is 5.56 Å². The Kier molecular flexibility index (Phi) is 5.08. The van der Waals surface area contributed by atoms with Gasteiger partial charge in [-0.2, -0.15) is 0 Å². The van der Waals surface area contributed by atoms with Crippen LogP contribution in [-0.4, -0.2) is 5.11 Å². The van der Waals surface area contributed by atoms with E-state index >= 15 is 0 Å². The highest BCUT2D eigenvalue weighted by atomic mass is 16.5. The van der Waals surface area contributed by atoms with Crippen molar-refractivity contribution < 1.29 is 9.84 Å². The van der Waals surface area contributed by atoms with Crippen LogP contribution in [0.3, 0.4) is 0 Å². The summed E-state index contributed by atoms with van der Waals surface area (Å²) < 4.78 is 6.29. The minimum absolute atomic E-state index is 0.336. The van der Waals surface area contributed by atoms with E-state index < -0.39 is 0 Å². The lowest BCUT2D eigenvalue weighted by molar-refractivity contribution is 0.105. The molecule has 2 aromatic carbocycles. The molecule has 0 atom stereocenters. The van der Waals surface area contributed by atoms with Crippen LogP contribution in [0.5, 0.6) is 11.5 Å². The molecular weight excluding hydrogens is 310 g/mol. The van der Waals surface area contributed by atoms with Crippen LogP contribution in [-0.2, 0) is 12.0 Å². The number of ether oxygens (including phenoxy) is 1. The van der Waals surface area contributed by atoms with Gasteiger partial charge in [-0.05, 0) is 56.9 Å². The predicted octanol–water partition coefficient (Wildman–Crippen LogP) is 6.51. The third-order valence-corrected chi connectivity index (χ3v) is 5.17. The Morgan fingerprint density at radius 2 is 1.76 bits per heavy atom. The van der Waals surface area contributed by atoms with Crippen molar-refractivity contribution in [2.24, 2.45) is 0 Å². The first-order chi connectivity index (χ1) is 11.9. The highest BCUT2D eigenvalue weighted by Gasteiger charge is 2.34. The first kappa shape index (κ1) is 17.8. The molecule has 0 fully saturated rings. The van der Waals surface area contributed by atoms with Gasteiger partial charge in [0.05, 0.1) is 5.56 Å². The van der Waals surface area contributed by atoms with Crippen LogP contribution in [0.2, 0.25) is 0 Å². The molecule has 3 rings (SSSR count). The molecule has 0 spiro atoms. The summed E-state index contributed by atoms with van der Waals surface area (Å²) in [5.74, 6) is 1.15. The lowest BCUT2D eigenvalue weighted by Crippen LogP contribution is -2.29. The van der Waals surface area contributed by atoms with Crippen LogP contribution in [0.15, 0.2) is 30.3 Å². The molecule has 134 valence electrons. The third-order valence-electron chi connectivity index (χ3n) is 5.17. The van der Waals surface area contributed by atoms with Crippen molar-refractivity contribution >= 4 is 0 Å². The van der Waals surface area contributed by atoms with Crippen LogP contribution in [0, 0.1) is 6.92 Å². The Hall–Kier alpha value is -1.96. The molecule has 25 heavy (non-hydrogen) atoms. The Balaban J connectivity index is 1.91. The normalized spacial score (nSPS) is 14.6. The number of fused-ring (bicyclic) bond motifs is 3. The number of unbranched alkanes of at least 4 members (excludes halogenated alkanes) is 4. The molecule has 1 aliphatic heterocycles. The van der Waals surface area contributed by atoms with E-state index in [-0.39, 0.29) is 5.60 Å². The Morgan fingerprint density at radius 1 is 1.00 bits per heavy atom. The SMILES string of the molecule is CCCCCCCc1cc(O)c2c(c1)OC([13CH3])([13CH3])c1ccc(C)cc1-2. The monoisotopic (exact) mass is 340 g/mol. The molecule has 0 amide bonds. The van der Waals surface area contributed by atoms with Gasteiger partial charge < -0.3 is 9.84 Å². The molecule has 0 bridgehead atoms. The summed E-state index contributed by atoms with van der Waals surface area (Å²) in [5.41, 5.74) is 5.04. The van der Waals surface area contributed by atoms with Gasteiger partial charge in [-0.25, -0.2) is 0 Å². The molecule has 0 aliphatic carbocycles. The average Bonchev–Trinajstić information content (AvgIpc) is 2.53. The van der Waals surface area contributed by atoms with Gasteiger partial charge in [-0.3, -0.25) is 0 Å². The number of aromatic hydroxyl groups is 1. The first-order valence-electron chi connectivity index (χ1n) is 9.59. The predicted molar refractivity (Wildman–Crippen MR) is 104 cm³/mol. The number of benzene rings is 2. The summed E-state index contributed by atoms with van der Waals surface area (Å²) in [7, 11) is 0. The summed E-state index contributed by atoms with van der Waals surface area (Å²) in [6.07, 6.45) is 7.28. The van der Waals surface area contributed by atoms with Crippen molar-refractivity contribution in [3.8, 4) is 22.6 Å². The molecule has 1 aliphatic rings. The quantitative estimate of drug-likeness (QED) is 0.480. The second-order valence-electron chi connectivity index (χ2n) is 7.81. The molecule has 2 heteroatoms. The molecule has 0 saturated carbocycles. The van der Waals surface area contributed by atoms with Gasteiger partial charge >= 0.3 is 0 Å². The maximum atomic E-state index is 10.7. The highest BCUT2D eigenvalue weighted by Crippen LogP contribution is 2.49. The van der Waals surface area contributed by atoms with Gasteiger partial charge in [-0.15, -0.1) is 0 Å². The number of phenols is 1. The van der Waals surface area contributed by atoms with E-state index in [1.165, 1.54) is 36.8 Å². The molecule has 0 aromatic heterocycles. The third kappa shape index (κ3) is 3.68. The lowest BCUT2D eigenvalue weighted by atomic mass is 9.88. The van der Waals surface area contributed by atoms with Crippen molar-refractivity contribution in [2.45, 2.75) is 71.8 Å². The summed E-state index contributed by atoms with van der Waals surface area (Å²) in [5, 5.41) is 10.7. The average molecular weight is 340 g/mol. The Morgan fingerprint density at radius 3 is 2.52 bits per heavy atom. The zero-order valence-electron chi connectivity index (χ0n) is 16.0. The zero-order chi connectivity index (χ0) is 18.0. The number of hydrogen-bond donors (Lipinski definition) is 1. The van der Waals surface area contributed by atoms with Crippen molar-refractivity contribution in [3.63, 3.8) is 0 Å². The molecule has 0 radical (unpaired) electrons. The van der Waals surface area contributed by atoms with E-state index in [1.54, 1.807) is 0 Å². The number of rotatable bonds is 6. The van der Waals surface area contributed by atoms with Gasteiger partial charge in [0.1, 0.15) is 17.1 Å². The second kappa shape index (κ2) is 7.11. The lowest BCUT2D eigenvalue weighted by Gasteiger charge is -2.35. The molecule has 1 heterocycles. The van der Waals surface area contributed by atoms with E-state index in [0.717, 1.165) is 35.3 Å². The zero-order valence-corrected chi connectivity index (χ0v) is 16.0. The Bertz CT molecular complexity index is 759. The molecule has 0 unspecified atom stereocenters. The molecule has 0 saturated heterocycles. The maximum Gasteiger partial charge on any atom is 0.132 e. The van der Waals surface area contributed by atoms with Gasteiger partial charge in [0.25, 0.3) is 0 Å². The number of aryl methyl sites for hydroxylation is 2. The fourth-order valence-corrected chi connectivity index (χ4v) is 3.80. The summed E-state index contributed by atoms with van der Waals surface area (Å²) >= 11 is 0. The van der Waals surface area contributed by atoms with E-state index in [0.29, 0.717) is 5.75 Å². The summed E-state index contributed by atoms with van der Waals surface area (Å²) in [4.78, 5) is 0. The first-order valence-corrected chi connectivity index (χ1v) is 9.59. The topological polar surface area (TPSA) is 29.5 Å². The van der Waals surface area contributed by atoms with E-state index in [1.807, 2.05) is 6.07 Å². The molecular formula is C23H30O2. The van der Waals surface area contributed by atoms with Crippen LogP contribution in [0.4, 0.5) is 0 Å². The smallest absolute Gasteiger partial charge is 0.132 e. The van der Waals surface area contributed by atoms with E-state index in [2.05, 4.69) is 52.0 Å². The standard InChI is InChI=1S/C23H30O2/c1-5-6-7-8-9-10-17-14-20(24)22-18-13-16(2)11-12-19(18)23(3,4)25-21(22)15-17/h11-15,24H,5-10H2,1-4H3/i3+1,4+1. The van der Waals surface area contributed by atoms with Gasteiger partial charge in [-0.1, -0.05) is 56.4 Å². The minimum Gasteiger partial charge on any atom is -0.507 e. The van der Waals surface area contributed by atoms with Crippen LogP contribution in [0.1, 0.15) is 69.6 Å². The fourth-order valence-electron chi connectivity index (χ4n) is 3.80. The van der Waals surface area contributed by atoms with E-state index in [9.17, 15) is 5.11 Å². The summed E-state index contributed by atoms with van der Waals surface area (Å²) in [6, 6.07) is 10.4. The van der Waals surface area contributed by atoms with Crippen LogP contribution >= 0.6 is 0 Å². The molecule has 1 N–H and O–H groups in total. The van der Waals surface area contributed by atoms with Crippen molar-refractivity contribution in [1.82, 2.24) is 0 Å². The molecule has 2 aromatic rings. The fraction of sp³-hybridized carbons (Fsp3) is 0.478. The summed E-state index contributed by atoms with van der Waals surface area (Å²) in [6.45, 7) is 8.52. The second-order valence-corrected chi connectivity index (χ2v) is 7.81. The van der Waals surface area contributed by atoms with E-state index in [4.69, 9.17) is 4.74 Å². The number of hydrogen-bond acceptors (Lipinski definition) is 2. The van der Waals surface area contributed by atoms with Crippen molar-refractivity contribution in [3.05, 3.63) is 47.0 Å². The minimum atomic E-state index is -0.387. The van der Waals surface area contributed by atoms with Crippen molar-refractivity contribution in [1.29, 1.82) is 0 Å². The van der Waals surface area contributed by atoms with Gasteiger partial charge in [0.15, 0.2) is 0 Å². The highest BCUT2D eigenvalue weighted by molar-refractivity contribution is 5.82. The molecule has 2 nitrogen and oxygen atoms in total.